The SMILES string of the molecule is Cc1ccc(-c2ccc([C@H]3[C@@H](c4ccccn4)NC(=S)N3c3ccc(NC(=O)C(C)C)c(Cl)c3)o2)cc1Cl. The lowest BCUT2D eigenvalue weighted by Gasteiger charge is -2.26. The van der Waals surface area contributed by atoms with E-state index in [1.165, 1.54) is 0 Å². The van der Waals surface area contributed by atoms with Crippen molar-refractivity contribution in [1.29, 1.82) is 0 Å². The van der Waals surface area contributed by atoms with Gasteiger partial charge in [0.05, 0.1) is 22.4 Å². The molecule has 3 heterocycles. The highest BCUT2D eigenvalue weighted by atomic mass is 35.5. The van der Waals surface area contributed by atoms with Crippen LogP contribution in [0.2, 0.25) is 10.0 Å². The lowest BCUT2D eigenvalue weighted by atomic mass is 10.0. The molecular weight excluding hydrogens is 539 g/mol. The molecule has 0 unspecified atom stereocenters. The summed E-state index contributed by atoms with van der Waals surface area (Å²) in [4.78, 5) is 18.8. The summed E-state index contributed by atoms with van der Waals surface area (Å²) in [6, 6.07) is 20.3. The molecule has 0 saturated carbocycles. The van der Waals surface area contributed by atoms with Crippen LogP contribution >= 0.6 is 35.4 Å². The zero-order valence-corrected chi connectivity index (χ0v) is 23.4. The van der Waals surface area contributed by atoms with E-state index >= 15 is 0 Å². The fourth-order valence-electron chi connectivity index (χ4n) is 4.37. The third-order valence-electron chi connectivity index (χ3n) is 6.49. The van der Waals surface area contributed by atoms with Gasteiger partial charge in [-0.15, -0.1) is 0 Å². The minimum absolute atomic E-state index is 0.106. The molecule has 1 saturated heterocycles. The summed E-state index contributed by atoms with van der Waals surface area (Å²) in [5.41, 5.74) is 4.01. The maximum Gasteiger partial charge on any atom is 0.226 e. The molecule has 0 aliphatic carbocycles. The highest BCUT2D eigenvalue weighted by Crippen LogP contribution is 2.44. The number of carbonyl (C=O) groups excluding carboxylic acids is 1. The van der Waals surface area contributed by atoms with Gasteiger partial charge in [0, 0.05) is 28.4 Å². The topological polar surface area (TPSA) is 70.4 Å². The number of amides is 1. The predicted octanol–water partition coefficient (Wildman–Crippen LogP) is 7.73. The first-order valence-corrected chi connectivity index (χ1v) is 13.4. The van der Waals surface area contributed by atoms with Crippen molar-refractivity contribution in [2.45, 2.75) is 32.9 Å². The summed E-state index contributed by atoms with van der Waals surface area (Å²) in [5.74, 6) is 1.13. The number of halogens is 2. The van der Waals surface area contributed by atoms with Crippen molar-refractivity contribution in [3.8, 4) is 11.3 Å². The van der Waals surface area contributed by atoms with Crippen LogP contribution in [-0.4, -0.2) is 16.0 Å². The molecule has 38 heavy (non-hydrogen) atoms. The van der Waals surface area contributed by atoms with Crippen LogP contribution < -0.4 is 15.5 Å². The second-order valence-corrected chi connectivity index (χ2v) is 10.7. The molecule has 5 rings (SSSR count). The average Bonchev–Trinajstić information content (AvgIpc) is 3.52. The van der Waals surface area contributed by atoms with Crippen molar-refractivity contribution in [1.82, 2.24) is 10.3 Å². The third kappa shape index (κ3) is 5.14. The Bertz CT molecular complexity index is 1510. The van der Waals surface area contributed by atoms with E-state index in [-0.39, 0.29) is 23.9 Å². The number of nitrogens with one attached hydrogen (secondary N) is 2. The maximum atomic E-state index is 12.2. The standard InChI is InChI=1S/C29H26Cl2N4O2S/c1-16(2)28(36)33-22-10-9-19(15-21(22)31)35-27(26(34-29(35)38)23-6-4-5-13-32-23)25-12-11-24(37-25)18-8-7-17(3)20(30)14-18/h4-16,26-27H,1-3H3,(H,33,36)(H,34,38)/t26-,27+/m1/s1. The maximum absolute atomic E-state index is 12.2. The first-order chi connectivity index (χ1) is 18.2. The zero-order chi connectivity index (χ0) is 27.0. The Hall–Kier alpha value is -3.39. The molecule has 0 bridgehead atoms. The van der Waals surface area contributed by atoms with Gasteiger partial charge in [-0.3, -0.25) is 9.78 Å². The number of furan rings is 1. The zero-order valence-electron chi connectivity index (χ0n) is 21.0. The molecule has 0 spiro atoms. The van der Waals surface area contributed by atoms with Crippen LogP contribution in [0.25, 0.3) is 11.3 Å². The highest BCUT2D eigenvalue weighted by Gasteiger charge is 2.42. The largest absolute Gasteiger partial charge is 0.459 e. The van der Waals surface area contributed by atoms with Gasteiger partial charge < -0.3 is 20.0 Å². The van der Waals surface area contributed by atoms with E-state index in [2.05, 4.69) is 15.6 Å². The van der Waals surface area contributed by atoms with Gasteiger partial charge in [-0.05, 0) is 73.2 Å². The lowest BCUT2D eigenvalue weighted by molar-refractivity contribution is -0.118. The van der Waals surface area contributed by atoms with Crippen LogP contribution in [0.15, 0.2) is 77.3 Å². The lowest BCUT2D eigenvalue weighted by Crippen LogP contribution is -2.29. The molecule has 1 aliphatic rings. The Balaban J connectivity index is 1.55. The molecule has 6 nitrogen and oxygen atoms in total. The normalized spacial score (nSPS) is 17.1. The number of thiocarbonyl (C=S) groups is 1. The van der Waals surface area contributed by atoms with E-state index in [4.69, 9.17) is 39.8 Å². The van der Waals surface area contributed by atoms with Crippen LogP contribution in [-0.2, 0) is 4.79 Å². The Morgan fingerprint density at radius 3 is 2.58 bits per heavy atom. The number of pyridine rings is 1. The van der Waals surface area contributed by atoms with Gasteiger partial charge in [-0.25, -0.2) is 0 Å². The van der Waals surface area contributed by atoms with E-state index in [0.717, 1.165) is 22.5 Å². The Labute approximate surface area is 237 Å². The van der Waals surface area contributed by atoms with Crippen molar-refractivity contribution in [3.05, 3.63) is 100.0 Å². The molecule has 2 atom stereocenters. The molecule has 0 radical (unpaired) electrons. The molecule has 1 aliphatic heterocycles. The number of rotatable bonds is 6. The van der Waals surface area contributed by atoms with Gasteiger partial charge in [0.15, 0.2) is 5.11 Å². The van der Waals surface area contributed by atoms with Gasteiger partial charge >= 0.3 is 0 Å². The molecule has 1 amide bonds. The number of benzene rings is 2. The molecule has 4 aromatic rings. The summed E-state index contributed by atoms with van der Waals surface area (Å²) in [6.07, 6.45) is 1.75. The fourth-order valence-corrected chi connectivity index (χ4v) is 5.12. The Morgan fingerprint density at radius 1 is 1.08 bits per heavy atom. The Kier molecular flexibility index (Phi) is 7.43. The van der Waals surface area contributed by atoms with Crippen LogP contribution in [0.5, 0.6) is 0 Å². The summed E-state index contributed by atoms with van der Waals surface area (Å²) in [7, 11) is 0. The molecule has 2 aromatic carbocycles. The number of hydrogen-bond donors (Lipinski definition) is 2. The number of aromatic nitrogens is 1. The summed E-state index contributed by atoms with van der Waals surface area (Å²) < 4.78 is 6.42. The van der Waals surface area contributed by atoms with Gasteiger partial charge in [0.1, 0.15) is 17.6 Å². The van der Waals surface area contributed by atoms with Crippen LogP contribution in [0.4, 0.5) is 11.4 Å². The number of aryl methyl sites for hydroxylation is 1. The molecule has 2 N–H and O–H groups in total. The first kappa shape index (κ1) is 26.2. The van der Waals surface area contributed by atoms with Crippen LogP contribution in [0.1, 0.15) is 42.9 Å². The number of anilines is 2. The molecule has 2 aromatic heterocycles. The monoisotopic (exact) mass is 564 g/mol. The van der Waals surface area contributed by atoms with Crippen molar-refractivity contribution >= 4 is 57.8 Å². The number of hydrogen-bond acceptors (Lipinski definition) is 4. The smallest absolute Gasteiger partial charge is 0.226 e. The fraction of sp³-hybridized carbons (Fsp3) is 0.207. The minimum atomic E-state index is -0.348. The van der Waals surface area contributed by atoms with Crippen LogP contribution in [0, 0.1) is 12.8 Å². The van der Waals surface area contributed by atoms with Crippen molar-refractivity contribution < 1.29 is 9.21 Å². The van der Waals surface area contributed by atoms with Crippen LogP contribution in [0.3, 0.4) is 0 Å². The second-order valence-electron chi connectivity index (χ2n) is 9.47. The van der Waals surface area contributed by atoms with Gasteiger partial charge in [0.2, 0.25) is 5.91 Å². The van der Waals surface area contributed by atoms with Gasteiger partial charge in [-0.2, -0.15) is 0 Å². The summed E-state index contributed by atoms with van der Waals surface area (Å²) >= 11 is 18.8. The Morgan fingerprint density at radius 2 is 1.89 bits per heavy atom. The van der Waals surface area contributed by atoms with Crippen molar-refractivity contribution in [2.24, 2.45) is 5.92 Å². The highest BCUT2D eigenvalue weighted by molar-refractivity contribution is 7.80. The molecular formula is C29H26Cl2N4O2S. The summed E-state index contributed by atoms with van der Waals surface area (Å²) in [6.45, 7) is 5.62. The number of nitrogens with zero attached hydrogens (tertiary/aromatic N) is 2. The van der Waals surface area contributed by atoms with Gasteiger partial charge in [0.25, 0.3) is 0 Å². The van der Waals surface area contributed by atoms with E-state index in [1.807, 2.05) is 80.3 Å². The average molecular weight is 566 g/mol. The predicted molar refractivity (Wildman–Crippen MR) is 157 cm³/mol. The van der Waals surface area contributed by atoms with Crippen molar-refractivity contribution in [3.63, 3.8) is 0 Å². The van der Waals surface area contributed by atoms with Crippen molar-refractivity contribution in [2.75, 3.05) is 10.2 Å². The van der Waals surface area contributed by atoms with E-state index < -0.39 is 0 Å². The quantitative estimate of drug-likeness (QED) is 0.233. The molecule has 1 fully saturated rings. The van der Waals surface area contributed by atoms with Gasteiger partial charge in [-0.1, -0.05) is 55.2 Å². The number of carbonyl (C=O) groups is 1. The second kappa shape index (κ2) is 10.8. The minimum Gasteiger partial charge on any atom is -0.459 e. The van der Waals surface area contributed by atoms with E-state index in [9.17, 15) is 4.79 Å². The first-order valence-electron chi connectivity index (χ1n) is 12.2. The van der Waals surface area contributed by atoms with E-state index in [1.54, 1.807) is 18.3 Å². The summed E-state index contributed by atoms with van der Waals surface area (Å²) in [5, 5.41) is 7.88. The van der Waals surface area contributed by atoms with E-state index in [0.29, 0.717) is 32.4 Å². The third-order valence-corrected chi connectivity index (χ3v) is 7.52. The molecule has 9 heteroatoms. The molecule has 194 valence electrons.